The lowest BCUT2D eigenvalue weighted by Gasteiger charge is -2.29. The second-order valence-electron chi connectivity index (χ2n) is 5.29. The minimum absolute atomic E-state index is 0.159. The van der Waals surface area contributed by atoms with Gasteiger partial charge in [-0.25, -0.2) is 4.98 Å². The van der Waals surface area contributed by atoms with E-state index in [9.17, 15) is 0 Å². The summed E-state index contributed by atoms with van der Waals surface area (Å²) in [4.78, 5) is 4.51. The van der Waals surface area contributed by atoms with Gasteiger partial charge in [-0.2, -0.15) is 0 Å². The Bertz CT molecular complexity index is 318. The van der Waals surface area contributed by atoms with Gasteiger partial charge in [0.2, 0.25) is 0 Å². The second-order valence-corrected chi connectivity index (χ2v) is 6.19. The predicted molar refractivity (Wildman–Crippen MR) is 65.1 cm³/mol. The molecule has 0 bridgehead atoms. The number of hydrogen-bond acceptors (Lipinski definition) is 3. The van der Waals surface area contributed by atoms with Gasteiger partial charge in [0.15, 0.2) is 0 Å². The Kier molecular flexibility index (Phi) is 2.86. The summed E-state index contributed by atoms with van der Waals surface area (Å²) < 4.78 is 0. The van der Waals surface area contributed by atoms with Crippen molar-refractivity contribution >= 4 is 11.3 Å². The first kappa shape index (κ1) is 11.1. The highest BCUT2D eigenvalue weighted by Crippen LogP contribution is 2.49. The minimum atomic E-state index is 0.159. The van der Waals surface area contributed by atoms with E-state index in [0.717, 1.165) is 6.54 Å². The van der Waals surface area contributed by atoms with Crippen LogP contribution < -0.4 is 5.32 Å². The van der Waals surface area contributed by atoms with E-state index >= 15 is 0 Å². The van der Waals surface area contributed by atoms with E-state index in [2.05, 4.69) is 36.5 Å². The number of hydrogen-bond donors (Lipinski definition) is 1. The Labute approximate surface area is 96.1 Å². The Morgan fingerprint density at radius 3 is 2.73 bits per heavy atom. The fourth-order valence-electron chi connectivity index (χ4n) is 2.75. The molecule has 1 atom stereocenters. The summed E-state index contributed by atoms with van der Waals surface area (Å²) in [5.41, 5.74) is 0.611. The van der Waals surface area contributed by atoms with E-state index in [-0.39, 0.29) is 5.54 Å². The molecule has 1 unspecified atom stereocenters. The minimum Gasteiger partial charge on any atom is -0.306 e. The summed E-state index contributed by atoms with van der Waals surface area (Å²) in [6.07, 6.45) is 5.65. The molecular weight excluding hydrogens is 204 g/mol. The number of aromatic nitrogens is 1. The van der Waals surface area contributed by atoms with Crippen LogP contribution in [0.5, 0.6) is 0 Å². The maximum absolute atomic E-state index is 4.51. The fourth-order valence-corrected chi connectivity index (χ4v) is 3.60. The van der Waals surface area contributed by atoms with Gasteiger partial charge in [-0.15, -0.1) is 11.3 Å². The first-order valence-corrected chi connectivity index (χ1v) is 6.61. The van der Waals surface area contributed by atoms with E-state index < -0.39 is 0 Å². The van der Waals surface area contributed by atoms with Gasteiger partial charge < -0.3 is 5.32 Å². The van der Waals surface area contributed by atoms with Gasteiger partial charge in [-0.1, -0.05) is 20.8 Å². The SMILES string of the molecule is CCNC1(c2nccs2)CCC(C)(C)C1. The van der Waals surface area contributed by atoms with Crippen molar-refractivity contribution in [2.45, 2.75) is 45.6 Å². The molecule has 2 rings (SSSR count). The number of nitrogens with zero attached hydrogens (tertiary/aromatic N) is 1. The highest BCUT2D eigenvalue weighted by atomic mass is 32.1. The third-order valence-corrected chi connectivity index (χ3v) is 4.34. The Morgan fingerprint density at radius 1 is 1.47 bits per heavy atom. The third-order valence-electron chi connectivity index (χ3n) is 3.37. The summed E-state index contributed by atoms with van der Waals surface area (Å²) in [6, 6.07) is 0. The second kappa shape index (κ2) is 3.87. The molecule has 1 aromatic rings. The molecule has 1 N–H and O–H groups in total. The topological polar surface area (TPSA) is 24.9 Å². The molecule has 1 aromatic heterocycles. The fraction of sp³-hybridized carbons (Fsp3) is 0.750. The summed E-state index contributed by atoms with van der Waals surface area (Å²) in [5.74, 6) is 0. The zero-order valence-electron chi connectivity index (χ0n) is 9.84. The zero-order valence-corrected chi connectivity index (χ0v) is 10.7. The van der Waals surface area contributed by atoms with Gasteiger partial charge in [-0.3, -0.25) is 0 Å². The average molecular weight is 224 g/mol. The van der Waals surface area contributed by atoms with Crippen LogP contribution in [0.4, 0.5) is 0 Å². The van der Waals surface area contributed by atoms with Gasteiger partial charge in [0.25, 0.3) is 0 Å². The first-order chi connectivity index (χ1) is 7.08. The lowest BCUT2D eigenvalue weighted by Crippen LogP contribution is -2.40. The van der Waals surface area contributed by atoms with E-state index in [4.69, 9.17) is 0 Å². The van der Waals surface area contributed by atoms with Crippen molar-refractivity contribution in [1.82, 2.24) is 10.3 Å². The molecule has 1 fully saturated rings. The van der Waals surface area contributed by atoms with Crippen molar-refractivity contribution < 1.29 is 0 Å². The van der Waals surface area contributed by atoms with Crippen LogP contribution in [-0.2, 0) is 5.54 Å². The Hall–Kier alpha value is -0.410. The molecule has 2 nitrogen and oxygen atoms in total. The van der Waals surface area contributed by atoms with Crippen molar-refractivity contribution in [2.24, 2.45) is 5.41 Å². The average Bonchev–Trinajstić information content (AvgIpc) is 2.74. The summed E-state index contributed by atoms with van der Waals surface area (Å²) in [6.45, 7) is 7.93. The molecule has 0 spiro atoms. The summed E-state index contributed by atoms with van der Waals surface area (Å²) in [5, 5.41) is 7.02. The van der Waals surface area contributed by atoms with Crippen molar-refractivity contribution in [3.05, 3.63) is 16.6 Å². The number of rotatable bonds is 3. The van der Waals surface area contributed by atoms with Crippen LogP contribution in [0.15, 0.2) is 11.6 Å². The molecule has 0 aliphatic heterocycles. The highest BCUT2D eigenvalue weighted by Gasteiger charge is 2.45. The molecule has 15 heavy (non-hydrogen) atoms. The predicted octanol–water partition coefficient (Wildman–Crippen LogP) is 3.16. The summed E-state index contributed by atoms with van der Waals surface area (Å²) in [7, 11) is 0. The van der Waals surface area contributed by atoms with Gasteiger partial charge in [-0.05, 0) is 31.2 Å². The first-order valence-electron chi connectivity index (χ1n) is 5.73. The van der Waals surface area contributed by atoms with Crippen molar-refractivity contribution in [3.8, 4) is 0 Å². The van der Waals surface area contributed by atoms with Crippen LogP contribution in [-0.4, -0.2) is 11.5 Å². The third kappa shape index (κ3) is 2.08. The van der Waals surface area contributed by atoms with Crippen molar-refractivity contribution in [2.75, 3.05) is 6.54 Å². The molecule has 1 aliphatic carbocycles. The molecule has 0 amide bonds. The molecule has 84 valence electrons. The van der Waals surface area contributed by atoms with Crippen LogP contribution >= 0.6 is 11.3 Å². The maximum atomic E-state index is 4.51. The van der Waals surface area contributed by atoms with Gasteiger partial charge in [0, 0.05) is 11.6 Å². The van der Waals surface area contributed by atoms with Crippen molar-refractivity contribution in [1.29, 1.82) is 0 Å². The molecule has 1 aliphatic rings. The van der Waals surface area contributed by atoms with Crippen LogP contribution in [0.1, 0.15) is 45.0 Å². The van der Waals surface area contributed by atoms with E-state index in [1.807, 2.05) is 6.20 Å². The number of nitrogens with one attached hydrogen (secondary N) is 1. The van der Waals surface area contributed by atoms with E-state index in [0.29, 0.717) is 5.41 Å². The highest BCUT2D eigenvalue weighted by molar-refractivity contribution is 7.09. The van der Waals surface area contributed by atoms with E-state index in [1.165, 1.54) is 24.3 Å². The lowest BCUT2D eigenvalue weighted by atomic mass is 9.88. The number of thiazole rings is 1. The molecule has 0 saturated heterocycles. The van der Waals surface area contributed by atoms with Crippen LogP contribution in [0.2, 0.25) is 0 Å². The zero-order chi connectivity index (χ0) is 10.9. The van der Waals surface area contributed by atoms with Crippen LogP contribution in [0.3, 0.4) is 0 Å². The van der Waals surface area contributed by atoms with Gasteiger partial charge in [0.1, 0.15) is 5.01 Å². The smallest absolute Gasteiger partial charge is 0.113 e. The van der Waals surface area contributed by atoms with Crippen LogP contribution in [0.25, 0.3) is 0 Å². The quantitative estimate of drug-likeness (QED) is 0.853. The molecule has 0 radical (unpaired) electrons. The summed E-state index contributed by atoms with van der Waals surface area (Å²) >= 11 is 1.79. The molecular formula is C12H20N2S. The van der Waals surface area contributed by atoms with E-state index in [1.54, 1.807) is 11.3 Å². The lowest BCUT2D eigenvalue weighted by molar-refractivity contribution is 0.292. The normalized spacial score (nSPS) is 29.5. The van der Waals surface area contributed by atoms with Gasteiger partial charge in [0.05, 0.1) is 5.54 Å². The maximum Gasteiger partial charge on any atom is 0.113 e. The Morgan fingerprint density at radius 2 is 2.27 bits per heavy atom. The molecule has 1 saturated carbocycles. The largest absolute Gasteiger partial charge is 0.306 e. The monoisotopic (exact) mass is 224 g/mol. The van der Waals surface area contributed by atoms with Crippen LogP contribution in [0, 0.1) is 5.41 Å². The molecule has 0 aromatic carbocycles. The van der Waals surface area contributed by atoms with Gasteiger partial charge >= 0.3 is 0 Å². The van der Waals surface area contributed by atoms with Crippen molar-refractivity contribution in [3.63, 3.8) is 0 Å². The Balaban J connectivity index is 2.27. The standard InChI is InChI=1S/C12H20N2S/c1-4-14-12(10-13-7-8-15-10)6-5-11(2,3)9-12/h7-8,14H,4-6,9H2,1-3H3. The molecule has 3 heteroatoms. The molecule has 1 heterocycles.